The van der Waals surface area contributed by atoms with E-state index in [-0.39, 0.29) is 23.7 Å². The fourth-order valence-electron chi connectivity index (χ4n) is 1.79. The average molecular weight is 269 g/mol. The van der Waals surface area contributed by atoms with E-state index < -0.39 is 12.1 Å². The molecule has 1 N–H and O–H groups in total. The van der Waals surface area contributed by atoms with Crippen LogP contribution in [0.1, 0.15) is 27.2 Å². The van der Waals surface area contributed by atoms with Gasteiger partial charge in [0.15, 0.2) is 5.78 Å². The molecule has 1 atom stereocenters. The molecule has 1 rings (SSSR count). The highest BCUT2D eigenvalue weighted by Crippen LogP contribution is 2.38. The van der Waals surface area contributed by atoms with E-state index in [4.69, 9.17) is 4.74 Å². The van der Waals surface area contributed by atoms with Gasteiger partial charge in [-0.15, -0.1) is 0 Å². The van der Waals surface area contributed by atoms with Gasteiger partial charge in [-0.2, -0.15) is 0 Å². The van der Waals surface area contributed by atoms with Crippen LogP contribution in [0.15, 0.2) is 11.8 Å². The van der Waals surface area contributed by atoms with E-state index in [9.17, 15) is 14.4 Å². The molecule has 0 saturated heterocycles. The fraction of sp³-hybridized carbons (Fsp3) is 0.615. The Labute approximate surface area is 112 Å². The maximum atomic E-state index is 11.8. The second-order valence-electron chi connectivity index (χ2n) is 5.22. The highest BCUT2D eigenvalue weighted by Gasteiger charge is 2.36. The highest BCUT2D eigenvalue weighted by atomic mass is 16.5. The number of carbonyl (C=O) groups excluding carboxylic acids is 3. The van der Waals surface area contributed by atoms with Gasteiger partial charge in [0.05, 0.1) is 7.11 Å². The van der Waals surface area contributed by atoms with Crippen molar-refractivity contribution < 1.29 is 23.9 Å². The van der Waals surface area contributed by atoms with Gasteiger partial charge in [0.2, 0.25) is 0 Å². The topological polar surface area (TPSA) is 81.7 Å². The second-order valence-corrected chi connectivity index (χ2v) is 5.22. The number of carbonyl (C=O) groups is 3. The monoisotopic (exact) mass is 269 g/mol. The largest absolute Gasteiger partial charge is 0.453 e. The molecule has 1 amide bonds. The first-order valence-corrected chi connectivity index (χ1v) is 6.03. The van der Waals surface area contributed by atoms with Gasteiger partial charge in [0.1, 0.15) is 12.3 Å². The highest BCUT2D eigenvalue weighted by molar-refractivity contribution is 5.94. The summed E-state index contributed by atoms with van der Waals surface area (Å²) in [6.45, 7) is 5.45. The lowest BCUT2D eigenvalue weighted by atomic mass is 9.71. The summed E-state index contributed by atoms with van der Waals surface area (Å²) in [7, 11) is 1.20. The molecular weight excluding hydrogens is 250 g/mol. The minimum absolute atomic E-state index is 0.0556. The number of rotatable bonds is 3. The molecular formula is C13H19NO5. The molecule has 106 valence electrons. The van der Waals surface area contributed by atoms with Crippen LogP contribution < -0.4 is 5.32 Å². The minimum Gasteiger partial charge on any atom is -0.453 e. The third-order valence-electron chi connectivity index (χ3n) is 3.34. The van der Waals surface area contributed by atoms with Gasteiger partial charge < -0.3 is 14.8 Å². The molecule has 6 heteroatoms. The van der Waals surface area contributed by atoms with E-state index in [1.54, 1.807) is 0 Å². The van der Waals surface area contributed by atoms with E-state index in [0.717, 1.165) is 0 Å². The molecule has 0 heterocycles. The number of ketones is 1. The SMILES string of the molecule is COC(=O)NCC(=O)OC1=CC(=O)C(C)C(C)(C)C1. The summed E-state index contributed by atoms with van der Waals surface area (Å²) < 4.78 is 9.40. The Hall–Kier alpha value is -1.85. The Kier molecular flexibility index (Phi) is 4.69. The first-order chi connectivity index (χ1) is 8.76. The van der Waals surface area contributed by atoms with Crippen LogP contribution in [0, 0.1) is 11.3 Å². The molecule has 0 fully saturated rings. The molecule has 1 aliphatic rings. The van der Waals surface area contributed by atoms with Crippen molar-refractivity contribution in [2.75, 3.05) is 13.7 Å². The number of alkyl carbamates (subject to hydrolysis) is 1. The van der Waals surface area contributed by atoms with Gasteiger partial charge in [-0.25, -0.2) is 9.59 Å². The summed E-state index contributed by atoms with van der Waals surface area (Å²) in [4.78, 5) is 34.0. The normalized spacial score (nSPS) is 21.4. The smallest absolute Gasteiger partial charge is 0.407 e. The van der Waals surface area contributed by atoms with Gasteiger partial charge in [0.25, 0.3) is 0 Å². The van der Waals surface area contributed by atoms with E-state index in [1.165, 1.54) is 13.2 Å². The lowest BCUT2D eigenvalue weighted by Gasteiger charge is -2.34. The Balaban J connectivity index is 2.58. The molecule has 19 heavy (non-hydrogen) atoms. The van der Waals surface area contributed by atoms with Crippen molar-refractivity contribution in [3.05, 3.63) is 11.8 Å². The zero-order chi connectivity index (χ0) is 14.6. The van der Waals surface area contributed by atoms with Gasteiger partial charge in [-0.05, 0) is 5.41 Å². The molecule has 0 aromatic rings. The third-order valence-corrected chi connectivity index (χ3v) is 3.34. The minimum atomic E-state index is -0.709. The molecule has 0 spiro atoms. The van der Waals surface area contributed by atoms with Crippen molar-refractivity contribution in [3.8, 4) is 0 Å². The predicted octanol–water partition coefficient (Wildman–Crippen LogP) is 1.40. The Morgan fingerprint density at radius 1 is 1.47 bits per heavy atom. The van der Waals surface area contributed by atoms with Gasteiger partial charge in [-0.3, -0.25) is 4.79 Å². The van der Waals surface area contributed by atoms with Crippen molar-refractivity contribution in [1.82, 2.24) is 5.32 Å². The number of ether oxygens (including phenoxy) is 2. The zero-order valence-electron chi connectivity index (χ0n) is 11.6. The summed E-state index contributed by atoms with van der Waals surface area (Å²) in [6.07, 6.45) is 1.15. The number of hydrogen-bond acceptors (Lipinski definition) is 5. The molecule has 0 bridgehead atoms. The maximum absolute atomic E-state index is 11.8. The van der Waals surface area contributed by atoms with Crippen LogP contribution in [0.3, 0.4) is 0 Å². The van der Waals surface area contributed by atoms with Crippen molar-refractivity contribution >= 4 is 17.8 Å². The van der Waals surface area contributed by atoms with Crippen LogP contribution in [-0.4, -0.2) is 31.5 Å². The quantitative estimate of drug-likeness (QED) is 0.783. The van der Waals surface area contributed by atoms with Gasteiger partial charge >= 0.3 is 12.1 Å². The lowest BCUT2D eigenvalue weighted by Crippen LogP contribution is -2.34. The molecule has 6 nitrogen and oxygen atoms in total. The summed E-state index contributed by atoms with van der Waals surface area (Å²) >= 11 is 0. The summed E-state index contributed by atoms with van der Waals surface area (Å²) in [5.74, 6) is -0.456. The first-order valence-electron chi connectivity index (χ1n) is 6.03. The molecule has 0 saturated carbocycles. The van der Waals surface area contributed by atoms with Crippen molar-refractivity contribution in [2.24, 2.45) is 11.3 Å². The Morgan fingerprint density at radius 3 is 2.63 bits per heavy atom. The maximum Gasteiger partial charge on any atom is 0.407 e. The Morgan fingerprint density at radius 2 is 2.11 bits per heavy atom. The number of methoxy groups -OCH3 is 1. The number of allylic oxidation sites excluding steroid dienone is 2. The number of amides is 1. The van der Waals surface area contributed by atoms with Crippen molar-refractivity contribution in [1.29, 1.82) is 0 Å². The number of nitrogens with one attached hydrogen (secondary N) is 1. The van der Waals surface area contributed by atoms with E-state index in [2.05, 4.69) is 10.1 Å². The molecule has 0 radical (unpaired) electrons. The Bertz CT molecular complexity index is 425. The van der Waals surface area contributed by atoms with Crippen LogP contribution in [0.2, 0.25) is 0 Å². The van der Waals surface area contributed by atoms with Crippen molar-refractivity contribution in [3.63, 3.8) is 0 Å². The van der Waals surface area contributed by atoms with Crippen LogP contribution in [0.25, 0.3) is 0 Å². The van der Waals surface area contributed by atoms with Crippen LogP contribution in [0.5, 0.6) is 0 Å². The van der Waals surface area contributed by atoms with E-state index in [1.807, 2.05) is 20.8 Å². The number of hydrogen-bond donors (Lipinski definition) is 1. The van der Waals surface area contributed by atoms with Gasteiger partial charge in [0, 0.05) is 18.4 Å². The van der Waals surface area contributed by atoms with E-state index in [0.29, 0.717) is 12.2 Å². The first kappa shape index (κ1) is 15.2. The van der Waals surface area contributed by atoms with Crippen LogP contribution in [-0.2, 0) is 19.1 Å². The van der Waals surface area contributed by atoms with Gasteiger partial charge in [-0.1, -0.05) is 20.8 Å². The molecule has 0 aromatic carbocycles. The van der Waals surface area contributed by atoms with Crippen LogP contribution in [0.4, 0.5) is 4.79 Å². The lowest BCUT2D eigenvalue weighted by molar-refractivity contribution is -0.139. The summed E-state index contributed by atoms with van der Waals surface area (Å²) in [5, 5.41) is 2.21. The van der Waals surface area contributed by atoms with Crippen molar-refractivity contribution in [2.45, 2.75) is 27.2 Å². The molecule has 0 aromatic heterocycles. The predicted molar refractivity (Wildman–Crippen MR) is 67.2 cm³/mol. The number of esters is 1. The molecule has 1 aliphatic carbocycles. The van der Waals surface area contributed by atoms with Crippen LogP contribution >= 0.6 is 0 Å². The fourth-order valence-corrected chi connectivity index (χ4v) is 1.79. The average Bonchev–Trinajstić information content (AvgIpc) is 2.32. The molecule has 0 aliphatic heterocycles. The molecule has 1 unspecified atom stereocenters. The third kappa shape index (κ3) is 4.08. The summed E-state index contributed by atoms with van der Waals surface area (Å²) in [5.41, 5.74) is -0.253. The summed E-state index contributed by atoms with van der Waals surface area (Å²) in [6, 6.07) is 0. The van der Waals surface area contributed by atoms with E-state index >= 15 is 0 Å². The standard InChI is InChI=1S/C13H19NO5/c1-8-10(15)5-9(6-13(8,2)3)19-11(16)7-14-12(17)18-4/h5,8H,6-7H2,1-4H3,(H,14,17). The second kappa shape index (κ2) is 5.86. The zero-order valence-corrected chi connectivity index (χ0v) is 11.6.